The minimum atomic E-state index is -1.73. The van der Waals surface area contributed by atoms with E-state index in [9.17, 15) is 35.7 Å². The number of unbranched alkanes of at least 4 members (excludes halogenated alkanes) is 13. The van der Waals surface area contributed by atoms with Gasteiger partial charge < -0.3 is 64.2 Å². The van der Waals surface area contributed by atoms with Crippen LogP contribution in [0.25, 0.3) is 0 Å². The fourth-order valence-electron chi connectivity index (χ4n) is 5.69. The smallest absolute Gasteiger partial charge is 0.187 e. The van der Waals surface area contributed by atoms with Crippen molar-refractivity contribution >= 4 is 0 Å². The fourth-order valence-corrected chi connectivity index (χ4v) is 5.69. The molecular formula is C32H62O13. The van der Waals surface area contributed by atoms with Crippen molar-refractivity contribution < 1.29 is 64.2 Å². The van der Waals surface area contributed by atoms with Crippen LogP contribution in [0.5, 0.6) is 0 Å². The summed E-state index contributed by atoms with van der Waals surface area (Å²) >= 11 is 0. The van der Waals surface area contributed by atoms with Crippen LogP contribution in [0.4, 0.5) is 0 Å². The molecule has 0 aliphatic carbocycles. The van der Waals surface area contributed by atoms with Crippen LogP contribution in [-0.2, 0) is 28.4 Å². The summed E-state index contributed by atoms with van der Waals surface area (Å²) in [6.07, 6.45) is 2.60. The zero-order chi connectivity index (χ0) is 33.0. The normalized spacial score (nSPS) is 33.0. The first-order valence-corrected chi connectivity index (χ1v) is 17.1. The van der Waals surface area contributed by atoms with Gasteiger partial charge in [-0.2, -0.15) is 0 Å². The second-order valence-electron chi connectivity index (χ2n) is 12.4. The Balaban J connectivity index is 1.61. The van der Waals surface area contributed by atoms with Gasteiger partial charge in [-0.1, -0.05) is 90.4 Å². The van der Waals surface area contributed by atoms with Crippen molar-refractivity contribution in [2.45, 2.75) is 164 Å². The first kappa shape index (κ1) is 40.7. The molecule has 45 heavy (non-hydrogen) atoms. The molecule has 0 amide bonds. The Labute approximate surface area is 268 Å². The van der Waals surface area contributed by atoms with E-state index < -0.39 is 80.7 Å². The van der Waals surface area contributed by atoms with E-state index in [4.69, 9.17) is 28.4 Å². The molecule has 2 fully saturated rings. The second kappa shape index (κ2) is 23.7. The van der Waals surface area contributed by atoms with E-state index in [1.54, 1.807) is 0 Å². The summed E-state index contributed by atoms with van der Waals surface area (Å²) in [6, 6.07) is 0. The van der Waals surface area contributed by atoms with Crippen LogP contribution < -0.4 is 0 Å². The molecule has 2 aliphatic rings. The summed E-state index contributed by atoms with van der Waals surface area (Å²) in [6.45, 7) is 1.81. The van der Waals surface area contributed by atoms with Crippen LogP contribution in [0.1, 0.15) is 96.8 Å². The molecule has 0 aromatic carbocycles. The van der Waals surface area contributed by atoms with Crippen molar-refractivity contribution in [3.05, 3.63) is 0 Å². The molecule has 2 saturated heterocycles. The van der Waals surface area contributed by atoms with Gasteiger partial charge >= 0.3 is 0 Å². The maximum atomic E-state index is 10.7. The molecule has 268 valence electrons. The molecule has 7 N–H and O–H groups in total. The molecule has 2 aliphatic heterocycles. The zero-order valence-electron chi connectivity index (χ0n) is 27.4. The number of methoxy groups -OCH3 is 1. The maximum Gasteiger partial charge on any atom is 0.187 e. The molecule has 2 heterocycles. The molecule has 0 saturated carbocycles. The van der Waals surface area contributed by atoms with Crippen molar-refractivity contribution in [2.24, 2.45) is 0 Å². The predicted octanol–water partition coefficient (Wildman–Crippen LogP) is 1.14. The van der Waals surface area contributed by atoms with Crippen LogP contribution in [0, 0.1) is 0 Å². The molecule has 0 radical (unpaired) electrons. The lowest BCUT2D eigenvalue weighted by Gasteiger charge is -2.46. The molecule has 11 atom stereocenters. The van der Waals surface area contributed by atoms with Gasteiger partial charge in [0.25, 0.3) is 0 Å². The number of hydrogen-bond donors (Lipinski definition) is 7. The monoisotopic (exact) mass is 654 g/mol. The van der Waals surface area contributed by atoms with Gasteiger partial charge in [0.05, 0.1) is 26.4 Å². The SMILES string of the molecule is CCCCCCCCCCCCCCCCOCC(CO[C@@H]1O[C@H](CO)[C@@H](O[C@H]2O[C@H](CO)[C@@H](O)[C@H](O)[C@H]2O)[C@H](O)[C@H]1O)OC. The summed E-state index contributed by atoms with van der Waals surface area (Å²) in [4.78, 5) is 0. The second-order valence-corrected chi connectivity index (χ2v) is 12.4. The molecule has 2 rings (SSSR count). The quantitative estimate of drug-likeness (QED) is 0.0693. The van der Waals surface area contributed by atoms with Crippen LogP contribution in [0.15, 0.2) is 0 Å². The standard InChI is InChI=1S/C32H62O13/c1-3-4-5-6-7-8-9-10-11-12-13-14-15-16-17-41-20-22(40-2)21-42-31-29(39)27(37)30(24(19-34)44-31)45-32-28(38)26(36)25(35)23(18-33)43-32/h22-39H,3-21H2,1-2H3/t22?,23-,24-,25-,26+,27-,28-,29-,30-,31-,32-/m1/s1. The average molecular weight is 655 g/mol. The highest BCUT2D eigenvalue weighted by Crippen LogP contribution is 2.29. The molecule has 1 unspecified atom stereocenters. The minimum Gasteiger partial charge on any atom is -0.394 e. The fraction of sp³-hybridized carbons (Fsp3) is 1.00. The van der Waals surface area contributed by atoms with Gasteiger partial charge in [-0.3, -0.25) is 0 Å². The van der Waals surface area contributed by atoms with E-state index in [0.29, 0.717) is 6.61 Å². The lowest BCUT2D eigenvalue weighted by Crippen LogP contribution is -2.64. The highest BCUT2D eigenvalue weighted by Gasteiger charge is 2.50. The molecule has 0 spiro atoms. The topological polar surface area (TPSA) is 197 Å². The summed E-state index contributed by atoms with van der Waals surface area (Å²) in [7, 11) is 1.51. The molecule has 13 heteroatoms. The zero-order valence-corrected chi connectivity index (χ0v) is 27.4. The van der Waals surface area contributed by atoms with E-state index in [2.05, 4.69) is 6.92 Å². The summed E-state index contributed by atoms with van der Waals surface area (Å²) in [5.74, 6) is 0. The van der Waals surface area contributed by atoms with Crippen LogP contribution in [-0.4, -0.2) is 143 Å². The predicted molar refractivity (Wildman–Crippen MR) is 164 cm³/mol. The van der Waals surface area contributed by atoms with Gasteiger partial charge in [-0.05, 0) is 6.42 Å². The van der Waals surface area contributed by atoms with Gasteiger partial charge in [0, 0.05) is 13.7 Å². The summed E-state index contributed by atoms with van der Waals surface area (Å²) < 4.78 is 33.4. The van der Waals surface area contributed by atoms with Crippen LogP contribution >= 0.6 is 0 Å². The van der Waals surface area contributed by atoms with E-state index in [-0.39, 0.29) is 13.2 Å². The van der Waals surface area contributed by atoms with Crippen molar-refractivity contribution in [3.63, 3.8) is 0 Å². The Morgan fingerprint density at radius 1 is 0.578 bits per heavy atom. The molecule has 0 aromatic heterocycles. The van der Waals surface area contributed by atoms with Gasteiger partial charge in [-0.15, -0.1) is 0 Å². The van der Waals surface area contributed by atoms with Gasteiger partial charge in [0.1, 0.15) is 54.9 Å². The van der Waals surface area contributed by atoms with E-state index >= 15 is 0 Å². The summed E-state index contributed by atoms with van der Waals surface area (Å²) in [5, 5.41) is 70.9. The number of aliphatic hydroxyl groups excluding tert-OH is 7. The van der Waals surface area contributed by atoms with E-state index in [1.165, 1.54) is 84.2 Å². The average Bonchev–Trinajstić information content (AvgIpc) is 3.05. The lowest BCUT2D eigenvalue weighted by molar-refractivity contribution is -0.360. The molecule has 0 aromatic rings. The Kier molecular flexibility index (Phi) is 21.5. The van der Waals surface area contributed by atoms with Gasteiger partial charge in [-0.25, -0.2) is 0 Å². The minimum absolute atomic E-state index is 0.0138. The van der Waals surface area contributed by atoms with Crippen LogP contribution in [0.2, 0.25) is 0 Å². The van der Waals surface area contributed by atoms with Crippen LogP contribution in [0.3, 0.4) is 0 Å². The lowest BCUT2D eigenvalue weighted by atomic mass is 9.97. The Morgan fingerprint density at radius 2 is 1.09 bits per heavy atom. The van der Waals surface area contributed by atoms with Crippen molar-refractivity contribution in [2.75, 3.05) is 40.1 Å². The van der Waals surface area contributed by atoms with E-state index in [1.807, 2.05) is 0 Å². The number of rotatable bonds is 25. The van der Waals surface area contributed by atoms with Gasteiger partial charge in [0.15, 0.2) is 12.6 Å². The Hall–Kier alpha value is -0.520. The van der Waals surface area contributed by atoms with Crippen molar-refractivity contribution in [1.82, 2.24) is 0 Å². The summed E-state index contributed by atoms with van der Waals surface area (Å²) in [5.41, 5.74) is 0. The number of ether oxygens (including phenoxy) is 6. The Bertz CT molecular complexity index is 715. The third kappa shape index (κ3) is 14.2. The number of aliphatic hydroxyl groups is 7. The molecular weight excluding hydrogens is 592 g/mol. The third-order valence-electron chi connectivity index (χ3n) is 8.69. The maximum absolute atomic E-state index is 10.7. The highest BCUT2D eigenvalue weighted by molar-refractivity contribution is 4.94. The largest absolute Gasteiger partial charge is 0.394 e. The van der Waals surface area contributed by atoms with Crippen molar-refractivity contribution in [1.29, 1.82) is 0 Å². The third-order valence-corrected chi connectivity index (χ3v) is 8.69. The van der Waals surface area contributed by atoms with Crippen molar-refractivity contribution in [3.8, 4) is 0 Å². The number of hydrogen-bond acceptors (Lipinski definition) is 13. The van der Waals surface area contributed by atoms with Gasteiger partial charge in [0.2, 0.25) is 0 Å². The first-order valence-electron chi connectivity index (χ1n) is 17.1. The highest BCUT2D eigenvalue weighted by atomic mass is 16.7. The molecule has 13 nitrogen and oxygen atoms in total. The Morgan fingerprint density at radius 3 is 1.62 bits per heavy atom. The van der Waals surface area contributed by atoms with E-state index in [0.717, 1.165) is 12.8 Å². The molecule has 0 bridgehead atoms. The first-order chi connectivity index (χ1) is 21.8.